The Morgan fingerprint density at radius 3 is 1.32 bits per heavy atom. The maximum Gasteiger partial charge on any atom is 0.338 e. The van der Waals surface area contributed by atoms with E-state index in [0.717, 1.165) is 11.1 Å². The van der Waals surface area contributed by atoms with Crippen molar-refractivity contribution in [2.45, 2.75) is 63.6 Å². The molecule has 0 saturated heterocycles. The van der Waals surface area contributed by atoms with E-state index in [0.29, 0.717) is 11.1 Å². The molecule has 0 spiro atoms. The Labute approximate surface area is 236 Å². The highest BCUT2D eigenvalue weighted by atomic mass is 16.6. The monoisotopic (exact) mass is 530 g/mol. The highest BCUT2D eigenvalue weighted by Crippen LogP contribution is 2.58. The molecule has 0 amide bonds. The number of ether oxygens (including phenoxy) is 2. The summed E-state index contributed by atoms with van der Waals surface area (Å²) in [5, 5.41) is 0. The van der Waals surface area contributed by atoms with Gasteiger partial charge in [0.2, 0.25) is 0 Å². The third-order valence-electron chi connectivity index (χ3n) is 8.37. The van der Waals surface area contributed by atoms with Crippen LogP contribution in [0.3, 0.4) is 0 Å². The number of carbonyl (C=O) groups excluding carboxylic acids is 2. The normalized spacial score (nSPS) is 20.6. The van der Waals surface area contributed by atoms with Gasteiger partial charge < -0.3 is 9.47 Å². The van der Waals surface area contributed by atoms with Crippen molar-refractivity contribution >= 4 is 11.9 Å². The van der Waals surface area contributed by atoms with Crippen molar-refractivity contribution in [3.8, 4) is 0 Å². The summed E-state index contributed by atoms with van der Waals surface area (Å²) in [6.45, 7) is 8.80. The minimum Gasteiger partial charge on any atom is -0.454 e. The van der Waals surface area contributed by atoms with Gasteiger partial charge in [0, 0.05) is 0 Å². The summed E-state index contributed by atoms with van der Waals surface area (Å²) < 4.78 is 12.8. The van der Waals surface area contributed by atoms with Crippen LogP contribution >= 0.6 is 0 Å². The van der Waals surface area contributed by atoms with Gasteiger partial charge in [0.05, 0.1) is 23.0 Å². The molecule has 40 heavy (non-hydrogen) atoms. The van der Waals surface area contributed by atoms with Crippen molar-refractivity contribution < 1.29 is 19.1 Å². The second-order valence-electron chi connectivity index (χ2n) is 11.4. The quantitative estimate of drug-likeness (QED) is 0.237. The van der Waals surface area contributed by atoms with Crippen LogP contribution in [0.1, 0.15) is 105 Å². The molecule has 0 radical (unpaired) electrons. The lowest BCUT2D eigenvalue weighted by Crippen LogP contribution is -2.52. The van der Waals surface area contributed by atoms with Crippen LogP contribution in [0.5, 0.6) is 0 Å². The zero-order chi connectivity index (χ0) is 28.0. The number of fused-ring (bicyclic) bond motifs is 1. The molecule has 0 saturated carbocycles. The second kappa shape index (κ2) is 10.4. The molecule has 0 heterocycles. The van der Waals surface area contributed by atoms with Gasteiger partial charge in [0.1, 0.15) is 0 Å². The fourth-order valence-corrected chi connectivity index (χ4v) is 6.65. The lowest BCUT2D eigenvalue weighted by Gasteiger charge is -2.50. The Morgan fingerprint density at radius 2 is 0.925 bits per heavy atom. The molecule has 4 heteroatoms. The molecule has 0 aliphatic heterocycles. The first kappa shape index (κ1) is 26.1. The summed E-state index contributed by atoms with van der Waals surface area (Å²) in [6, 6.07) is 31.0. The third-order valence-corrected chi connectivity index (χ3v) is 8.37. The molecule has 2 unspecified atom stereocenters. The number of esters is 2. The topological polar surface area (TPSA) is 52.6 Å². The highest BCUT2D eigenvalue weighted by Gasteiger charge is 2.55. The average molecular weight is 531 g/mol. The predicted octanol–water partition coefficient (Wildman–Crippen LogP) is 7.98. The molecule has 0 N–H and O–H groups in total. The zero-order valence-electron chi connectivity index (χ0n) is 23.3. The van der Waals surface area contributed by atoms with Crippen LogP contribution in [-0.2, 0) is 9.47 Å². The largest absolute Gasteiger partial charge is 0.454 e. The van der Waals surface area contributed by atoms with E-state index < -0.39 is 24.1 Å². The van der Waals surface area contributed by atoms with Crippen LogP contribution in [0.15, 0.2) is 97.1 Å². The molecule has 2 atom stereocenters. The van der Waals surface area contributed by atoms with Crippen LogP contribution in [0.4, 0.5) is 0 Å². The molecule has 3 aliphatic carbocycles. The van der Waals surface area contributed by atoms with E-state index in [4.69, 9.17) is 9.47 Å². The van der Waals surface area contributed by atoms with Gasteiger partial charge in [0.25, 0.3) is 0 Å². The van der Waals surface area contributed by atoms with Crippen LogP contribution in [0.2, 0.25) is 0 Å². The summed E-state index contributed by atoms with van der Waals surface area (Å²) in [4.78, 5) is 27.1. The maximum absolute atomic E-state index is 13.6. The van der Waals surface area contributed by atoms with Crippen molar-refractivity contribution in [2.24, 2.45) is 0 Å². The highest BCUT2D eigenvalue weighted by molar-refractivity contribution is 5.91. The molecule has 2 bridgehead atoms. The van der Waals surface area contributed by atoms with Crippen molar-refractivity contribution in [2.75, 3.05) is 0 Å². The molecule has 4 aromatic rings. The van der Waals surface area contributed by atoms with Gasteiger partial charge in [0.15, 0.2) is 12.2 Å². The Bertz CT molecular complexity index is 1500. The van der Waals surface area contributed by atoms with Gasteiger partial charge in [-0.15, -0.1) is 0 Å². The Hall–Kier alpha value is -4.18. The number of hydrogen-bond donors (Lipinski definition) is 0. The lowest BCUT2D eigenvalue weighted by atomic mass is 9.58. The van der Waals surface area contributed by atoms with E-state index in [-0.39, 0.29) is 23.7 Å². The van der Waals surface area contributed by atoms with Crippen LogP contribution in [0.25, 0.3) is 0 Å². The van der Waals surface area contributed by atoms with Gasteiger partial charge in [-0.25, -0.2) is 9.59 Å². The molecule has 3 aliphatic rings. The first-order valence-electron chi connectivity index (χ1n) is 14.1. The standard InChI is InChI=1S/C36H34O4/c1-21(2)25-17-11-19-27-29(25)32-30-26(22(3)4)18-12-20-28(30)31(27)33(39-35(37)23-13-7-5-8-14-23)34(32)40-36(38)24-15-9-6-10-16-24/h5-22,31-34H,1-4H3. The fraction of sp³-hybridized carbons (Fsp3) is 0.278. The number of rotatable bonds is 6. The molecule has 7 rings (SSSR count). The Kier molecular flexibility index (Phi) is 6.79. The minimum absolute atomic E-state index is 0.256. The van der Waals surface area contributed by atoms with E-state index in [1.54, 1.807) is 24.3 Å². The van der Waals surface area contributed by atoms with Gasteiger partial charge >= 0.3 is 11.9 Å². The van der Waals surface area contributed by atoms with Crippen LogP contribution < -0.4 is 0 Å². The summed E-state index contributed by atoms with van der Waals surface area (Å²) in [6.07, 6.45) is -1.35. The summed E-state index contributed by atoms with van der Waals surface area (Å²) >= 11 is 0. The zero-order valence-corrected chi connectivity index (χ0v) is 23.3. The third kappa shape index (κ3) is 4.32. The molecule has 0 aromatic heterocycles. The van der Waals surface area contributed by atoms with E-state index in [2.05, 4.69) is 64.1 Å². The van der Waals surface area contributed by atoms with E-state index in [1.807, 2.05) is 36.4 Å². The SMILES string of the molecule is CC(C)c1cccc2c1C1c3c(C(C)C)cccc3C2C(OC(=O)c2ccccc2)C1OC(=O)c1ccccc1. The summed E-state index contributed by atoms with van der Waals surface area (Å²) in [5.74, 6) is -0.783. The summed E-state index contributed by atoms with van der Waals surface area (Å²) in [7, 11) is 0. The van der Waals surface area contributed by atoms with E-state index in [1.165, 1.54) is 22.3 Å². The lowest BCUT2D eigenvalue weighted by molar-refractivity contribution is -0.0560. The van der Waals surface area contributed by atoms with E-state index >= 15 is 0 Å². The maximum atomic E-state index is 13.6. The molecular formula is C36H34O4. The average Bonchev–Trinajstić information content (AvgIpc) is 2.98. The van der Waals surface area contributed by atoms with Gasteiger partial charge in [-0.3, -0.25) is 0 Å². The first-order valence-corrected chi connectivity index (χ1v) is 14.1. The van der Waals surface area contributed by atoms with Gasteiger partial charge in [-0.05, 0) is 69.5 Å². The van der Waals surface area contributed by atoms with Gasteiger partial charge in [-0.1, -0.05) is 100 Å². The molecule has 4 nitrogen and oxygen atoms in total. The number of benzene rings is 4. The minimum atomic E-state index is -0.676. The van der Waals surface area contributed by atoms with Crippen molar-refractivity contribution in [1.29, 1.82) is 0 Å². The molecule has 0 fully saturated rings. The van der Waals surface area contributed by atoms with Gasteiger partial charge in [-0.2, -0.15) is 0 Å². The number of carbonyl (C=O) groups is 2. The van der Waals surface area contributed by atoms with Crippen molar-refractivity contribution in [1.82, 2.24) is 0 Å². The second-order valence-corrected chi connectivity index (χ2v) is 11.4. The Balaban J connectivity index is 1.56. The smallest absolute Gasteiger partial charge is 0.338 e. The van der Waals surface area contributed by atoms with Crippen LogP contribution in [0, 0.1) is 0 Å². The first-order chi connectivity index (χ1) is 19.4. The van der Waals surface area contributed by atoms with Crippen molar-refractivity contribution in [3.05, 3.63) is 142 Å². The molecular weight excluding hydrogens is 496 g/mol. The predicted molar refractivity (Wildman–Crippen MR) is 156 cm³/mol. The fourth-order valence-electron chi connectivity index (χ4n) is 6.65. The molecule has 4 aromatic carbocycles. The van der Waals surface area contributed by atoms with Crippen molar-refractivity contribution in [3.63, 3.8) is 0 Å². The molecule has 202 valence electrons. The van der Waals surface area contributed by atoms with Crippen LogP contribution in [-0.4, -0.2) is 24.1 Å². The Morgan fingerprint density at radius 1 is 0.525 bits per heavy atom. The summed E-state index contributed by atoms with van der Waals surface area (Å²) in [5.41, 5.74) is 8.17. The van der Waals surface area contributed by atoms with E-state index in [9.17, 15) is 9.59 Å². The number of hydrogen-bond acceptors (Lipinski definition) is 4.